The number of hydrogen-bond donors (Lipinski definition) is 2. The predicted molar refractivity (Wildman–Crippen MR) is 65.6 cm³/mol. The summed E-state index contributed by atoms with van der Waals surface area (Å²) in [6.07, 6.45) is 0. The third kappa shape index (κ3) is 4.59. The Morgan fingerprint density at radius 3 is 2.44 bits per heavy atom. The highest BCUT2D eigenvalue weighted by Crippen LogP contribution is 2.01. The SMILES string of the molecule is CC(C)NC(CN1CCS(=O)CC1)C(N)=O. The Kier molecular flexibility index (Phi) is 5.37. The van der Waals surface area contributed by atoms with Gasteiger partial charge in [-0.15, -0.1) is 0 Å². The standard InChI is InChI=1S/C10H21N3O2S/c1-8(2)12-9(10(11)14)7-13-3-5-16(15)6-4-13/h8-9,12H,3-7H2,1-2H3,(H2,11,14). The van der Waals surface area contributed by atoms with Crippen molar-refractivity contribution in [2.45, 2.75) is 25.9 Å². The van der Waals surface area contributed by atoms with Crippen LogP contribution in [0.15, 0.2) is 0 Å². The van der Waals surface area contributed by atoms with E-state index >= 15 is 0 Å². The molecule has 16 heavy (non-hydrogen) atoms. The van der Waals surface area contributed by atoms with Crippen LogP contribution in [0, 0.1) is 0 Å². The van der Waals surface area contributed by atoms with Gasteiger partial charge < -0.3 is 11.1 Å². The molecule has 3 N–H and O–H groups in total. The molecule has 0 aromatic heterocycles. The van der Waals surface area contributed by atoms with Gasteiger partial charge >= 0.3 is 0 Å². The Morgan fingerprint density at radius 2 is 2.00 bits per heavy atom. The highest BCUT2D eigenvalue weighted by molar-refractivity contribution is 7.85. The van der Waals surface area contributed by atoms with Crippen molar-refractivity contribution in [3.05, 3.63) is 0 Å². The summed E-state index contributed by atoms with van der Waals surface area (Å²) in [7, 11) is -0.675. The molecule has 1 unspecified atom stereocenters. The van der Waals surface area contributed by atoms with Gasteiger partial charge in [0, 0.05) is 48.0 Å². The smallest absolute Gasteiger partial charge is 0.235 e. The van der Waals surface area contributed by atoms with Crippen molar-refractivity contribution in [3.8, 4) is 0 Å². The fourth-order valence-electron chi connectivity index (χ4n) is 1.74. The van der Waals surface area contributed by atoms with Crippen LogP contribution in [0.3, 0.4) is 0 Å². The molecule has 94 valence electrons. The van der Waals surface area contributed by atoms with Gasteiger partial charge in [0.15, 0.2) is 0 Å². The number of primary amides is 1. The second kappa shape index (κ2) is 6.32. The van der Waals surface area contributed by atoms with Crippen LogP contribution in [0.4, 0.5) is 0 Å². The van der Waals surface area contributed by atoms with E-state index in [9.17, 15) is 9.00 Å². The van der Waals surface area contributed by atoms with E-state index in [1.807, 2.05) is 13.8 Å². The van der Waals surface area contributed by atoms with Gasteiger partial charge in [-0.3, -0.25) is 13.9 Å². The molecule has 0 radical (unpaired) electrons. The lowest BCUT2D eigenvalue weighted by atomic mass is 10.2. The first kappa shape index (κ1) is 13.6. The van der Waals surface area contributed by atoms with Crippen LogP contribution >= 0.6 is 0 Å². The molecule has 1 aliphatic heterocycles. The molecular formula is C10H21N3O2S. The largest absolute Gasteiger partial charge is 0.368 e. The third-order valence-electron chi connectivity index (χ3n) is 2.59. The minimum atomic E-state index is -0.675. The van der Waals surface area contributed by atoms with E-state index in [2.05, 4.69) is 10.2 Å². The maximum absolute atomic E-state index is 11.2. The molecule has 0 aromatic rings. The maximum Gasteiger partial charge on any atom is 0.235 e. The lowest BCUT2D eigenvalue weighted by molar-refractivity contribution is -0.120. The Labute approximate surface area is 99.2 Å². The zero-order valence-corrected chi connectivity index (χ0v) is 10.8. The van der Waals surface area contributed by atoms with Crippen molar-refractivity contribution >= 4 is 16.7 Å². The first-order chi connectivity index (χ1) is 7.49. The summed E-state index contributed by atoms with van der Waals surface area (Å²) in [5.41, 5.74) is 5.34. The van der Waals surface area contributed by atoms with Crippen molar-refractivity contribution in [3.63, 3.8) is 0 Å². The summed E-state index contributed by atoms with van der Waals surface area (Å²) in [4.78, 5) is 13.4. The number of carbonyl (C=O) groups excluding carboxylic acids is 1. The van der Waals surface area contributed by atoms with Gasteiger partial charge in [-0.1, -0.05) is 13.8 Å². The fourth-order valence-corrected chi connectivity index (χ4v) is 2.87. The lowest BCUT2D eigenvalue weighted by Crippen LogP contribution is -2.53. The van der Waals surface area contributed by atoms with Crippen LogP contribution in [0.2, 0.25) is 0 Å². The van der Waals surface area contributed by atoms with Crippen molar-refractivity contribution < 1.29 is 9.00 Å². The molecule has 1 aliphatic rings. The molecule has 0 saturated carbocycles. The molecule has 0 aliphatic carbocycles. The van der Waals surface area contributed by atoms with Crippen molar-refractivity contribution in [2.24, 2.45) is 5.73 Å². The third-order valence-corrected chi connectivity index (χ3v) is 3.86. The second-order valence-electron chi connectivity index (χ2n) is 4.43. The number of nitrogens with one attached hydrogen (secondary N) is 1. The summed E-state index contributed by atoms with van der Waals surface area (Å²) in [6, 6.07) is -0.0806. The Morgan fingerprint density at radius 1 is 1.44 bits per heavy atom. The Bertz CT molecular complexity index is 261. The molecule has 5 nitrogen and oxygen atoms in total. The average molecular weight is 247 g/mol. The lowest BCUT2D eigenvalue weighted by Gasteiger charge is -2.30. The van der Waals surface area contributed by atoms with Crippen LogP contribution in [-0.4, -0.2) is 58.2 Å². The van der Waals surface area contributed by atoms with E-state index in [0.29, 0.717) is 18.1 Å². The van der Waals surface area contributed by atoms with Crippen LogP contribution in [0.1, 0.15) is 13.8 Å². The quantitative estimate of drug-likeness (QED) is 0.647. The van der Waals surface area contributed by atoms with Crippen molar-refractivity contribution in [1.29, 1.82) is 0 Å². The van der Waals surface area contributed by atoms with Gasteiger partial charge in [-0.2, -0.15) is 0 Å². The number of amides is 1. The summed E-state index contributed by atoms with van der Waals surface area (Å²) in [6.45, 7) is 6.17. The zero-order valence-electron chi connectivity index (χ0n) is 9.94. The molecule has 1 atom stereocenters. The van der Waals surface area contributed by atoms with Gasteiger partial charge in [0.2, 0.25) is 5.91 Å². The van der Waals surface area contributed by atoms with Gasteiger partial charge in [-0.05, 0) is 0 Å². The molecule has 0 bridgehead atoms. The first-order valence-electron chi connectivity index (χ1n) is 5.61. The Balaban J connectivity index is 2.42. The van der Waals surface area contributed by atoms with E-state index in [4.69, 9.17) is 5.73 Å². The van der Waals surface area contributed by atoms with Crippen molar-refractivity contribution in [2.75, 3.05) is 31.1 Å². The van der Waals surface area contributed by atoms with Gasteiger partial charge in [0.05, 0.1) is 6.04 Å². The maximum atomic E-state index is 11.2. The number of nitrogens with two attached hydrogens (primary N) is 1. The Hall–Kier alpha value is -0.460. The number of rotatable bonds is 5. The molecule has 6 heteroatoms. The second-order valence-corrected chi connectivity index (χ2v) is 6.12. The molecule has 1 saturated heterocycles. The van der Waals surface area contributed by atoms with Crippen LogP contribution in [-0.2, 0) is 15.6 Å². The van der Waals surface area contributed by atoms with E-state index < -0.39 is 10.8 Å². The molecule has 0 spiro atoms. The van der Waals surface area contributed by atoms with E-state index in [0.717, 1.165) is 13.1 Å². The average Bonchev–Trinajstić information content (AvgIpc) is 2.19. The van der Waals surface area contributed by atoms with Crippen LogP contribution < -0.4 is 11.1 Å². The molecule has 0 aromatic carbocycles. The normalized spacial score (nSPS) is 21.2. The topological polar surface area (TPSA) is 75.4 Å². The number of nitrogens with zero attached hydrogens (tertiary/aromatic N) is 1. The fraction of sp³-hybridized carbons (Fsp3) is 0.900. The highest BCUT2D eigenvalue weighted by Gasteiger charge is 2.22. The molecule has 1 heterocycles. The van der Waals surface area contributed by atoms with Crippen molar-refractivity contribution in [1.82, 2.24) is 10.2 Å². The van der Waals surface area contributed by atoms with E-state index in [1.165, 1.54) is 0 Å². The monoisotopic (exact) mass is 247 g/mol. The molecule has 1 amide bonds. The molecule has 1 fully saturated rings. The summed E-state index contributed by atoms with van der Waals surface area (Å²) >= 11 is 0. The summed E-state index contributed by atoms with van der Waals surface area (Å²) < 4.78 is 11.2. The highest BCUT2D eigenvalue weighted by atomic mass is 32.2. The molecule has 1 rings (SSSR count). The first-order valence-corrected chi connectivity index (χ1v) is 7.10. The van der Waals surface area contributed by atoms with Gasteiger partial charge in [0.25, 0.3) is 0 Å². The zero-order chi connectivity index (χ0) is 12.1. The number of carbonyl (C=O) groups is 1. The van der Waals surface area contributed by atoms with Gasteiger partial charge in [0.1, 0.15) is 0 Å². The predicted octanol–water partition coefficient (Wildman–Crippen LogP) is -1.10. The number of hydrogen-bond acceptors (Lipinski definition) is 4. The molecular weight excluding hydrogens is 226 g/mol. The minimum Gasteiger partial charge on any atom is -0.368 e. The van der Waals surface area contributed by atoms with Crippen LogP contribution in [0.25, 0.3) is 0 Å². The van der Waals surface area contributed by atoms with Gasteiger partial charge in [-0.25, -0.2) is 0 Å². The summed E-state index contributed by atoms with van der Waals surface area (Å²) in [5.74, 6) is 1.08. The van der Waals surface area contributed by atoms with E-state index in [1.54, 1.807) is 0 Å². The van der Waals surface area contributed by atoms with Crippen LogP contribution in [0.5, 0.6) is 0 Å². The van der Waals surface area contributed by atoms with E-state index in [-0.39, 0.29) is 18.0 Å². The minimum absolute atomic E-state index is 0.233. The summed E-state index contributed by atoms with van der Waals surface area (Å²) in [5, 5.41) is 3.15.